The second-order valence-electron chi connectivity index (χ2n) is 5.30. The average Bonchev–Trinajstić information content (AvgIpc) is 3.23. The van der Waals surface area contributed by atoms with E-state index in [0.29, 0.717) is 20.1 Å². The van der Waals surface area contributed by atoms with Crippen molar-refractivity contribution in [2.45, 2.75) is 13.0 Å². The van der Waals surface area contributed by atoms with Crippen molar-refractivity contribution in [1.29, 1.82) is 0 Å². The zero-order chi connectivity index (χ0) is 18.7. The smallest absolute Gasteiger partial charge is 0.266 e. The van der Waals surface area contributed by atoms with Crippen molar-refractivity contribution in [3.63, 3.8) is 0 Å². The number of carbonyl (C=O) groups is 2. The Morgan fingerprint density at radius 3 is 2.88 bits per heavy atom. The van der Waals surface area contributed by atoms with E-state index in [4.69, 9.17) is 17.0 Å². The zero-order valence-electron chi connectivity index (χ0n) is 14.0. The van der Waals surface area contributed by atoms with Crippen molar-refractivity contribution in [3.05, 3.63) is 46.3 Å². The molecule has 1 aliphatic rings. The highest BCUT2D eigenvalue weighted by molar-refractivity contribution is 8.26. The van der Waals surface area contributed by atoms with Crippen molar-refractivity contribution < 1.29 is 14.3 Å². The molecule has 1 fully saturated rings. The van der Waals surface area contributed by atoms with Crippen LogP contribution in [0.4, 0.5) is 5.13 Å². The molecule has 2 amide bonds. The van der Waals surface area contributed by atoms with Gasteiger partial charge in [0.25, 0.3) is 5.91 Å². The van der Waals surface area contributed by atoms with E-state index in [1.165, 1.54) is 28.0 Å². The van der Waals surface area contributed by atoms with Crippen LogP contribution >= 0.6 is 35.3 Å². The third-order valence-corrected chi connectivity index (χ3v) is 5.70. The number of aromatic nitrogens is 1. The predicted molar refractivity (Wildman–Crippen MR) is 108 cm³/mol. The quantitative estimate of drug-likeness (QED) is 0.607. The number of anilines is 1. The summed E-state index contributed by atoms with van der Waals surface area (Å²) in [6, 6.07) is 6.64. The number of hydrogen-bond acceptors (Lipinski definition) is 7. The predicted octanol–water partition coefficient (Wildman–Crippen LogP) is 3.38. The Balaban J connectivity index is 1.80. The molecule has 1 atom stereocenters. The highest BCUT2D eigenvalue weighted by atomic mass is 32.2. The molecule has 1 aromatic carbocycles. The summed E-state index contributed by atoms with van der Waals surface area (Å²) in [6.07, 6.45) is 3.32. The maximum absolute atomic E-state index is 12.8. The summed E-state index contributed by atoms with van der Waals surface area (Å²) in [6.45, 7) is 1.64. The number of thiocarbonyl (C=S) groups is 1. The molecular formula is C17H15N3O3S3. The molecule has 2 heterocycles. The van der Waals surface area contributed by atoms with E-state index in [-0.39, 0.29) is 11.8 Å². The number of thioether (sulfide) groups is 1. The Hall–Kier alpha value is -2.23. The fourth-order valence-corrected chi connectivity index (χ4v) is 4.29. The van der Waals surface area contributed by atoms with Gasteiger partial charge in [-0.05, 0) is 19.1 Å². The van der Waals surface area contributed by atoms with E-state index in [0.717, 1.165) is 5.56 Å². The van der Waals surface area contributed by atoms with E-state index >= 15 is 0 Å². The molecule has 6 nitrogen and oxygen atoms in total. The van der Waals surface area contributed by atoms with Crippen LogP contribution < -0.4 is 10.1 Å². The molecule has 3 rings (SSSR count). The van der Waals surface area contributed by atoms with Gasteiger partial charge >= 0.3 is 0 Å². The first-order valence-corrected chi connectivity index (χ1v) is 9.72. The first-order valence-electron chi connectivity index (χ1n) is 7.61. The van der Waals surface area contributed by atoms with Crippen molar-refractivity contribution in [1.82, 2.24) is 9.88 Å². The van der Waals surface area contributed by atoms with Crippen molar-refractivity contribution in [3.8, 4) is 5.75 Å². The van der Waals surface area contributed by atoms with Crippen LogP contribution in [0.2, 0.25) is 0 Å². The maximum Gasteiger partial charge on any atom is 0.266 e. The molecule has 1 N–H and O–H groups in total. The first kappa shape index (κ1) is 18.6. The summed E-state index contributed by atoms with van der Waals surface area (Å²) in [5.41, 5.74) is 0.774. The Morgan fingerprint density at radius 2 is 2.19 bits per heavy atom. The molecule has 1 unspecified atom stereocenters. The van der Waals surface area contributed by atoms with Crippen LogP contribution in [0.1, 0.15) is 12.5 Å². The molecule has 1 aliphatic heterocycles. The molecule has 0 radical (unpaired) electrons. The minimum absolute atomic E-state index is 0.298. The normalized spacial score (nSPS) is 16.8. The molecule has 0 saturated carbocycles. The average molecular weight is 406 g/mol. The van der Waals surface area contributed by atoms with Crippen molar-refractivity contribution in [2.75, 3.05) is 12.4 Å². The highest BCUT2D eigenvalue weighted by Gasteiger charge is 2.38. The number of amides is 2. The van der Waals surface area contributed by atoms with Crippen LogP contribution in [0, 0.1) is 0 Å². The maximum atomic E-state index is 12.8. The summed E-state index contributed by atoms with van der Waals surface area (Å²) >= 11 is 7.80. The lowest BCUT2D eigenvalue weighted by atomic mass is 10.2. The van der Waals surface area contributed by atoms with Gasteiger partial charge in [-0.1, -0.05) is 42.2 Å². The minimum Gasteiger partial charge on any atom is -0.496 e. The first-order chi connectivity index (χ1) is 12.5. The van der Waals surface area contributed by atoms with Crippen LogP contribution in [0.25, 0.3) is 6.08 Å². The third-order valence-electron chi connectivity index (χ3n) is 3.68. The van der Waals surface area contributed by atoms with Gasteiger partial charge in [0.2, 0.25) is 5.91 Å². The number of ether oxygens (including phenoxy) is 1. The Kier molecular flexibility index (Phi) is 5.70. The van der Waals surface area contributed by atoms with Crippen molar-refractivity contribution in [2.24, 2.45) is 0 Å². The second kappa shape index (κ2) is 7.98. The lowest BCUT2D eigenvalue weighted by Crippen LogP contribution is -2.44. The van der Waals surface area contributed by atoms with E-state index in [2.05, 4.69) is 10.3 Å². The van der Waals surface area contributed by atoms with Gasteiger partial charge in [0.1, 0.15) is 16.1 Å². The lowest BCUT2D eigenvalue weighted by Gasteiger charge is -2.21. The molecule has 2 aromatic rings. The summed E-state index contributed by atoms with van der Waals surface area (Å²) in [4.78, 5) is 31.0. The van der Waals surface area contributed by atoms with Gasteiger partial charge in [-0.25, -0.2) is 4.98 Å². The summed E-state index contributed by atoms with van der Waals surface area (Å²) in [5, 5.41) is 4.93. The summed E-state index contributed by atoms with van der Waals surface area (Å²) in [5.74, 6) is 0.0230. The number of hydrogen-bond donors (Lipinski definition) is 1. The third kappa shape index (κ3) is 3.79. The number of thiazole rings is 1. The number of para-hydroxylation sites is 1. The fourth-order valence-electron chi connectivity index (χ4n) is 2.35. The topological polar surface area (TPSA) is 71.5 Å². The van der Waals surface area contributed by atoms with E-state index in [9.17, 15) is 9.59 Å². The van der Waals surface area contributed by atoms with Gasteiger partial charge < -0.3 is 10.1 Å². The van der Waals surface area contributed by atoms with Crippen LogP contribution in [-0.2, 0) is 9.59 Å². The molecular weight excluding hydrogens is 390 g/mol. The van der Waals surface area contributed by atoms with Crippen molar-refractivity contribution >= 4 is 62.7 Å². The number of nitrogens with zero attached hydrogens (tertiary/aromatic N) is 2. The van der Waals surface area contributed by atoms with Gasteiger partial charge in [-0.2, -0.15) is 0 Å². The van der Waals surface area contributed by atoms with Gasteiger partial charge in [-0.3, -0.25) is 14.5 Å². The van der Waals surface area contributed by atoms with Gasteiger partial charge in [0.05, 0.1) is 12.0 Å². The minimum atomic E-state index is -0.741. The zero-order valence-corrected chi connectivity index (χ0v) is 16.4. The van der Waals surface area contributed by atoms with Crippen LogP contribution in [-0.4, -0.2) is 39.2 Å². The van der Waals surface area contributed by atoms with E-state index in [1.54, 1.807) is 31.7 Å². The molecule has 26 heavy (non-hydrogen) atoms. The Labute approximate surface area is 164 Å². The van der Waals surface area contributed by atoms with Gasteiger partial charge in [0, 0.05) is 17.1 Å². The van der Waals surface area contributed by atoms with Crippen LogP contribution in [0.3, 0.4) is 0 Å². The molecule has 134 valence electrons. The second-order valence-corrected chi connectivity index (χ2v) is 7.87. The molecule has 0 aliphatic carbocycles. The largest absolute Gasteiger partial charge is 0.496 e. The number of benzene rings is 1. The summed E-state index contributed by atoms with van der Waals surface area (Å²) < 4.78 is 5.65. The highest BCUT2D eigenvalue weighted by Crippen LogP contribution is 2.35. The Morgan fingerprint density at radius 1 is 1.42 bits per heavy atom. The molecule has 0 spiro atoms. The number of carbonyl (C=O) groups excluding carboxylic acids is 2. The van der Waals surface area contributed by atoms with Crippen LogP contribution in [0.15, 0.2) is 40.7 Å². The molecule has 0 bridgehead atoms. The number of nitrogens with one attached hydrogen (secondary N) is 1. The van der Waals surface area contributed by atoms with Crippen LogP contribution in [0.5, 0.6) is 5.75 Å². The fraction of sp³-hybridized carbons (Fsp3) is 0.176. The molecule has 9 heteroatoms. The van der Waals surface area contributed by atoms with E-state index in [1.807, 2.05) is 24.3 Å². The van der Waals surface area contributed by atoms with Gasteiger partial charge in [0.15, 0.2) is 5.13 Å². The Bertz CT molecular complexity index is 880. The lowest BCUT2D eigenvalue weighted by molar-refractivity contribution is -0.129. The van der Waals surface area contributed by atoms with Gasteiger partial charge in [-0.15, -0.1) is 11.3 Å². The monoisotopic (exact) mass is 405 g/mol. The molecule has 1 aromatic heterocycles. The SMILES string of the molecule is COc1ccccc1/C=C1\SC(=S)N(C(C)C(=O)Nc2nccs2)C1=O. The standard InChI is InChI=1S/C17H15N3O3S3/c1-10(14(21)19-16-18-7-8-25-16)20-15(22)13(26-17(20)24)9-11-5-3-4-6-12(11)23-2/h3-10H,1-2H3,(H,18,19,21)/b13-9-. The van der Waals surface area contributed by atoms with E-state index < -0.39 is 6.04 Å². The number of rotatable bonds is 5. The number of methoxy groups -OCH3 is 1. The summed E-state index contributed by atoms with van der Waals surface area (Å²) in [7, 11) is 1.57. The molecule has 1 saturated heterocycles.